The third kappa shape index (κ3) is 5.73. The smallest absolute Gasteiger partial charge is 0.257 e. The van der Waals surface area contributed by atoms with Gasteiger partial charge in [0.1, 0.15) is 5.75 Å². The summed E-state index contributed by atoms with van der Waals surface area (Å²) in [6, 6.07) is 5.06. The zero-order valence-corrected chi connectivity index (χ0v) is 13.1. The van der Waals surface area contributed by atoms with Crippen LogP contribution in [-0.2, 0) is 9.47 Å². The van der Waals surface area contributed by atoms with Crippen molar-refractivity contribution in [3.8, 4) is 5.75 Å². The van der Waals surface area contributed by atoms with Crippen LogP contribution < -0.4 is 0 Å². The molecule has 0 heterocycles. The first-order valence-electron chi connectivity index (χ1n) is 7.34. The summed E-state index contributed by atoms with van der Waals surface area (Å²) in [6.07, 6.45) is 0. The van der Waals surface area contributed by atoms with Crippen molar-refractivity contribution in [2.75, 3.05) is 39.5 Å². The Bertz CT molecular complexity index is 438. The Morgan fingerprint density at radius 1 is 1.14 bits per heavy atom. The molecular weight excluding hydrogens is 270 g/mol. The molecule has 5 nitrogen and oxygen atoms in total. The van der Waals surface area contributed by atoms with E-state index in [0.29, 0.717) is 45.1 Å². The van der Waals surface area contributed by atoms with Crippen LogP contribution in [0.15, 0.2) is 18.2 Å². The van der Waals surface area contributed by atoms with Crippen molar-refractivity contribution in [2.45, 2.75) is 20.8 Å². The van der Waals surface area contributed by atoms with Crippen LogP contribution in [0.25, 0.3) is 0 Å². The Morgan fingerprint density at radius 3 is 2.19 bits per heavy atom. The first kappa shape index (κ1) is 17.5. The summed E-state index contributed by atoms with van der Waals surface area (Å²) in [6.45, 7) is 8.83. The number of hydrogen-bond acceptors (Lipinski definition) is 4. The van der Waals surface area contributed by atoms with Gasteiger partial charge in [0.2, 0.25) is 0 Å². The quantitative estimate of drug-likeness (QED) is 0.710. The predicted molar refractivity (Wildman–Crippen MR) is 81.7 cm³/mol. The maximum absolute atomic E-state index is 12.5. The Labute approximate surface area is 126 Å². The molecule has 0 aromatic heterocycles. The average Bonchev–Trinajstić information content (AvgIpc) is 2.45. The summed E-state index contributed by atoms with van der Waals surface area (Å²) < 4.78 is 10.6. The maximum Gasteiger partial charge on any atom is 0.257 e. The lowest BCUT2D eigenvalue weighted by Crippen LogP contribution is -2.36. The molecule has 0 radical (unpaired) electrons. The van der Waals surface area contributed by atoms with Gasteiger partial charge in [-0.2, -0.15) is 0 Å². The number of aryl methyl sites for hydroxylation is 1. The van der Waals surface area contributed by atoms with E-state index in [-0.39, 0.29) is 11.7 Å². The highest BCUT2D eigenvalue weighted by Crippen LogP contribution is 2.20. The van der Waals surface area contributed by atoms with Crippen molar-refractivity contribution >= 4 is 5.91 Å². The summed E-state index contributed by atoms with van der Waals surface area (Å²) in [5.41, 5.74) is 1.23. The Morgan fingerprint density at radius 2 is 1.71 bits per heavy atom. The second-order valence-electron chi connectivity index (χ2n) is 4.71. The van der Waals surface area contributed by atoms with Gasteiger partial charge in [-0.15, -0.1) is 0 Å². The van der Waals surface area contributed by atoms with Crippen LogP contribution in [0, 0.1) is 6.92 Å². The van der Waals surface area contributed by atoms with Gasteiger partial charge in [-0.25, -0.2) is 0 Å². The van der Waals surface area contributed by atoms with Gasteiger partial charge in [-0.3, -0.25) is 4.79 Å². The molecule has 1 rings (SSSR count). The van der Waals surface area contributed by atoms with Crippen LogP contribution >= 0.6 is 0 Å². The highest BCUT2D eigenvalue weighted by molar-refractivity contribution is 5.96. The van der Waals surface area contributed by atoms with Crippen molar-refractivity contribution in [2.24, 2.45) is 0 Å². The Kier molecular flexibility index (Phi) is 7.79. The van der Waals surface area contributed by atoms with Crippen LogP contribution in [0.2, 0.25) is 0 Å². The van der Waals surface area contributed by atoms with Crippen molar-refractivity contribution in [1.29, 1.82) is 0 Å². The third-order valence-corrected chi connectivity index (χ3v) is 3.09. The van der Waals surface area contributed by atoms with E-state index in [1.807, 2.05) is 26.8 Å². The zero-order valence-electron chi connectivity index (χ0n) is 13.1. The number of phenols is 1. The molecule has 5 heteroatoms. The van der Waals surface area contributed by atoms with E-state index >= 15 is 0 Å². The molecule has 0 fully saturated rings. The fraction of sp³-hybridized carbons (Fsp3) is 0.562. The molecule has 0 unspecified atom stereocenters. The Hall–Kier alpha value is -1.59. The van der Waals surface area contributed by atoms with Crippen molar-refractivity contribution in [3.05, 3.63) is 29.3 Å². The summed E-state index contributed by atoms with van der Waals surface area (Å²) in [5.74, 6) is -0.190. The first-order chi connectivity index (χ1) is 10.1. The standard InChI is InChI=1S/C16H25NO4/c1-4-20-10-8-17(9-11-21-5-2)16(19)14-7-6-13(3)12-15(14)18/h6-7,12,18H,4-5,8-11H2,1-3H3. The van der Waals surface area contributed by atoms with E-state index in [0.717, 1.165) is 5.56 Å². The number of phenolic OH excluding ortho intramolecular Hbond substituents is 1. The minimum atomic E-state index is -0.202. The van der Waals surface area contributed by atoms with Gasteiger partial charge in [-0.1, -0.05) is 6.07 Å². The molecule has 0 aliphatic heterocycles. The molecule has 1 aromatic rings. The molecule has 118 valence electrons. The number of carbonyl (C=O) groups is 1. The van der Waals surface area contributed by atoms with E-state index in [9.17, 15) is 9.90 Å². The van der Waals surface area contributed by atoms with E-state index in [4.69, 9.17) is 9.47 Å². The van der Waals surface area contributed by atoms with Crippen LogP contribution in [0.4, 0.5) is 0 Å². The van der Waals surface area contributed by atoms with Crippen LogP contribution in [0.1, 0.15) is 29.8 Å². The molecule has 21 heavy (non-hydrogen) atoms. The number of nitrogens with zero attached hydrogens (tertiary/aromatic N) is 1. The lowest BCUT2D eigenvalue weighted by Gasteiger charge is -2.23. The van der Waals surface area contributed by atoms with Crippen LogP contribution in [0.5, 0.6) is 5.75 Å². The van der Waals surface area contributed by atoms with E-state index in [2.05, 4.69) is 0 Å². The van der Waals surface area contributed by atoms with Gasteiger partial charge in [0.25, 0.3) is 5.91 Å². The van der Waals surface area contributed by atoms with Gasteiger partial charge in [0.15, 0.2) is 0 Å². The van der Waals surface area contributed by atoms with Crippen molar-refractivity contribution < 1.29 is 19.4 Å². The molecule has 0 bridgehead atoms. The molecule has 0 saturated heterocycles. The average molecular weight is 295 g/mol. The molecule has 0 aliphatic rings. The molecule has 1 aromatic carbocycles. The minimum Gasteiger partial charge on any atom is -0.507 e. The number of ether oxygens (including phenoxy) is 2. The van der Waals surface area contributed by atoms with Crippen molar-refractivity contribution in [3.63, 3.8) is 0 Å². The fourth-order valence-electron chi connectivity index (χ4n) is 1.95. The second-order valence-corrected chi connectivity index (χ2v) is 4.71. The van der Waals surface area contributed by atoms with E-state index in [1.165, 1.54) is 0 Å². The predicted octanol–water partition coefficient (Wildman–Crippen LogP) is 2.22. The lowest BCUT2D eigenvalue weighted by molar-refractivity contribution is 0.0547. The van der Waals surface area contributed by atoms with Gasteiger partial charge in [-0.05, 0) is 38.5 Å². The molecule has 0 saturated carbocycles. The van der Waals surface area contributed by atoms with E-state index < -0.39 is 0 Å². The highest BCUT2D eigenvalue weighted by atomic mass is 16.5. The topological polar surface area (TPSA) is 59.0 Å². The number of amides is 1. The summed E-state index contributed by atoms with van der Waals surface area (Å²) in [4.78, 5) is 14.2. The largest absolute Gasteiger partial charge is 0.507 e. The third-order valence-electron chi connectivity index (χ3n) is 3.09. The molecule has 1 amide bonds. The number of rotatable bonds is 9. The van der Waals surface area contributed by atoms with Crippen LogP contribution in [-0.4, -0.2) is 55.4 Å². The maximum atomic E-state index is 12.5. The molecule has 0 spiro atoms. The number of carbonyl (C=O) groups excluding carboxylic acids is 1. The monoisotopic (exact) mass is 295 g/mol. The normalized spacial score (nSPS) is 10.6. The first-order valence-corrected chi connectivity index (χ1v) is 7.34. The van der Waals surface area contributed by atoms with Crippen LogP contribution in [0.3, 0.4) is 0 Å². The number of hydrogen-bond donors (Lipinski definition) is 1. The Balaban J connectivity index is 2.76. The lowest BCUT2D eigenvalue weighted by atomic mass is 10.1. The number of benzene rings is 1. The van der Waals surface area contributed by atoms with Gasteiger partial charge >= 0.3 is 0 Å². The number of aromatic hydroxyl groups is 1. The summed E-state index contributed by atoms with van der Waals surface area (Å²) in [5, 5.41) is 9.94. The molecule has 0 aliphatic carbocycles. The molecule has 1 N–H and O–H groups in total. The highest BCUT2D eigenvalue weighted by Gasteiger charge is 2.18. The van der Waals surface area contributed by atoms with Gasteiger partial charge in [0.05, 0.1) is 18.8 Å². The van der Waals surface area contributed by atoms with E-state index in [1.54, 1.807) is 17.0 Å². The van der Waals surface area contributed by atoms with Crippen molar-refractivity contribution in [1.82, 2.24) is 4.90 Å². The summed E-state index contributed by atoms with van der Waals surface area (Å²) >= 11 is 0. The van der Waals surface area contributed by atoms with Gasteiger partial charge in [0, 0.05) is 26.3 Å². The van der Waals surface area contributed by atoms with Gasteiger partial charge < -0.3 is 19.5 Å². The minimum absolute atomic E-state index is 0.0119. The SMILES string of the molecule is CCOCCN(CCOCC)C(=O)c1ccc(C)cc1O. The molecular formula is C16H25NO4. The molecule has 0 atom stereocenters. The second kappa shape index (κ2) is 9.37. The summed E-state index contributed by atoms with van der Waals surface area (Å²) in [7, 11) is 0. The zero-order chi connectivity index (χ0) is 15.7. The fourth-order valence-corrected chi connectivity index (χ4v) is 1.95.